The van der Waals surface area contributed by atoms with E-state index in [9.17, 15) is 14.4 Å². The van der Waals surface area contributed by atoms with Crippen molar-refractivity contribution < 1.29 is 14.4 Å². The molecule has 1 aromatic rings. The van der Waals surface area contributed by atoms with Crippen LogP contribution in [0.2, 0.25) is 0 Å². The summed E-state index contributed by atoms with van der Waals surface area (Å²) in [6.45, 7) is 6.21. The van der Waals surface area contributed by atoms with Gasteiger partial charge in [0.2, 0.25) is 11.8 Å². The fourth-order valence-corrected chi connectivity index (χ4v) is 4.71. The molecule has 3 amide bonds. The van der Waals surface area contributed by atoms with Crippen molar-refractivity contribution in [1.82, 2.24) is 15.1 Å². The van der Waals surface area contributed by atoms with Gasteiger partial charge in [-0.05, 0) is 55.0 Å². The first-order valence-corrected chi connectivity index (χ1v) is 10.2. The van der Waals surface area contributed by atoms with E-state index in [-0.39, 0.29) is 24.1 Å². The molecule has 3 N–H and O–H groups in total. The van der Waals surface area contributed by atoms with Crippen molar-refractivity contribution in [3.05, 3.63) is 34.9 Å². The lowest BCUT2D eigenvalue weighted by atomic mass is 9.87. The summed E-state index contributed by atoms with van der Waals surface area (Å²) in [6, 6.07) is 5.28. The van der Waals surface area contributed by atoms with E-state index in [1.807, 2.05) is 12.1 Å². The van der Waals surface area contributed by atoms with Gasteiger partial charge in [-0.2, -0.15) is 0 Å². The van der Waals surface area contributed by atoms with Gasteiger partial charge in [-0.1, -0.05) is 19.1 Å². The Morgan fingerprint density at radius 1 is 1.21 bits per heavy atom. The minimum Gasteiger partial charge on any atom is -0.330 e. The molecule has 4 rings (SSSR count). The Morgan fingerprint density at radius 3 is 2.79 bits per heavy atom. The predicted molar refractivity (Wildman–Crippen MR) is 104 cm³/mol. The van der Waals surface area contributed by atoms with E-state index in [1.54, 1.807) is 4.90 Å². The first-order valence-electron chi connectivity index (χ1n) is 10.2. The first-order chi connectivity index (χ1) is 13.5. The number of likely N-dealkylation sites (tertiary alicyclic amines) is 1. The third kappa shape index (κ3) is 3.44. The summed E-state index contributed by atoms with van der Waals surface area (Å²) >= 11 is 0. The molecule has 0 saturated carbocycles. The Balaban J connectivity index is 1.52. The highest BCUT2D eigenvalue weighted by Crippen LogP contribution is 2.31. The van der Waals surface area contributed by atoms with Crippen LogP contribution in [0.25, 0.3) is 0 Å². The van der Waals surface area contributed by atoms with Gasteiger partial charge >= 0.3 is 0 Å². The quantitative estimate of drug-likeness (QED) is 0.751. The topological polar surface area (TPSA) is 95.7 Å². The number of amides is 3. The van der Waals surface area contributed by atoms with E-state index in [0.29, 0.717) is 36.9 Å². The van der Waals surface area contributed by atoms with E-state index in [0.717, 1.165) is 37.2 Å². The molecule has 0 aromatic heterocycles. The van der Waals surface area contributed by atoms with E-state index in [1.165, 1.54) is 0 Å². The van der Waals surface area contributed by atoms with Crippen molar-refractivity contribution in [2.24, 2.45) is 17.6 Å². The van der Waals surface area contributed by atoms with Gasteiger partial charge in [-0.15, -0.1) is 0 Å². The zero-order valence-electron chi connectivity index (χ0n) is 16.3. The minimum atomic E-state index is -0.567. The third-order valence-corrected chi connectivity index (χ3v) is 6.57. The second-order valence-corrected chi connectivity index (χ2v) is 8.34. The second-order valence-electron chi connectivity index (χ2n) is 8.34. The van der Waals surface area contributed by atoms with Crippen LogP contribution in [-0.4, -0.2) is 53.2 Å². The van der Waals surface area contributed by atoms with Crippen LogP contribution in [0.1, 0.15) is 47.7 Å². The summed E-state index contributed by atoms with van der Waals surface area (Å²) in [6.07, 6.45) is 1.80. The van der Waals surface area contributed by atoms with E-state index >= 15 is 0 Å². The molecule has 0 aliphatic carbocycles. The number of piperidine rings is 2. The zero-order chi connectivity index (χ0) is 19.8. The summed E-state index contributed by atoms with van der Waals surface area (Å²) in [5.41, 5.74) is 8.78. The summed E-state index contributed by atoms with van der Waals surface area (Å²) in [5, 5.41) is 2.36. The molecule has 3 unspecified atom stereocenters. The molecule has 3 aliphatic rings. The summed E-state index contributed by atoms with van der Waals surface area (Å²) in [4.78, 5) is 40.7. The summed E-state index contributed by atoms with van der Waals surface area (Å²) in [5.74, 6) is 0.410. The Hall–Kier alpha value is -2.25. The van der Waals surface area contributed by atoms with Crippen molar-refractivity contribution in [3.8, 4) is 0 Å². The number of hydrogen-bond acceptors (Lipinski definition) is 5. The van der Waals surface area contributed by atoms with Crippen molar-refractivity contribution >= 4 is 17.7 Å². The van der Waals surface area contributed by atoms with Crippen LogP contribution < -0.4 is 11.1 Å². The highest BCUT2D eigenvalue weighted by Gasteiger charge is 2.40. The van der Waals surface area contributed by atoms with Gasteiger partial charge in [0.25, 0.3) is 5.91 Å². The first kappa shape index (κ1) is 19.1. The Bertz CT molecular complexity index is 809. The van der Waals surface area contributed by atoms with Gasteiger partial charge < -0.3 is 10.6 Å². The number of imide groups is 1. The van der Waals surface area contributed by atoms with Crippen LogP contribution in [0.5, 0.6) is 0 Å². The largest absolute Gasteiger partial charge is 0.330 e. The molecule has 7 heteroatoms. The number of hydrogen-bond donors (Lipinski definition) is 2. The minimum absolute atomic E-state index is 0.113. The standard InChI is InChI=1S/C21H28N4O3/c1-13-7-8-24(11-15(13)9-22)10-14-3-2-4-16-17(14)12-25(21(16)28)18-5-6-19(26)23-20(18)27/h2-4,13,15,18H,5-12,22H2,1H3,(H,23,26,27). The molecule has 3 aliphatic heterocycles. The molecule has 0 spiro atoms. The van der Waals surface area contributed by atoms with Crippen molar-refractivity contribution in [1.29, 1.82) is 0 Å². The maximum atomic E-state index is 12.9. The lowest BCUT2D eigenvalue weighted by Crippen LogP contribution is -2.52. The van der Waals surface area contributed by atoms with Gasteiger partial charge in [-0.25, -0.2) is 0 Å². The molecule has 28 heavy (non-hydrogen) atoms. The summed E-state index contributed by atoms with van der Waals surface area (Å²) in [7, 11) is 0. The number of carbonyl (C=O) groups excluding carboxylic acids is 3. The van der Waals surface area contributed by atoms with Crippen LogP contribution in [0, 0.1) is 11.8 Å². The molecule has 150 valence electrons. The molecule has 1 aromatic carbocycles. The van der Waals surface area contributed by atoms with Crippen molar-refractivity contribution in [2.75, 3.05) is 19.6 Å². The summed E-state index contributed by atoms with van der Waals surface area (Å²) < 4.78 is 0. The van der Waals surface area contributed by atoms with E-state index in [2.05, 4.69) is 23.2 Å². The van der Waals surface area contributed by atoms with Crippen molar-refractivity contribution in [3.63, 3.8) is 0 Å². The average molecular weight is 384 g/mol. The molecule has 0 radical (unpaired) electrons. The molecule has 7 nitrogen and oxygen atoms in total. The maximum Gasteiger partial charge on any atom is 0.255 e. The number of nitrogens with one attached hydrogen (secondary N) is 1. The number of nitrogens with zero attached hydrogens (tertiary/aromatic N) is 2. The fourth-order valence-electron chi connectivity index (χ4n) is 4.71. The van der Waals surface area contributed by atoms with Gasteiger partial charge in [0, 0.05) is 31.6 Å². The number of rotatable bonds is 4. The second kappa shape index (κ2) is 7.64. The number of nitrogens with two attached hydrogens (primary N) is 1. The predicted octanol–water partition coefficient (Wildman–Crippen LogP) is 0.864. The van der Waals surface area contributed by atoms with E-state index < -0.39 is 6.04 Å². The molecule has 0 bridgehead atoms. The van der Waals surface area contributed by atoms with Crippen LogP contribution in [0.3, 0.4) is 0 Å². The number of fused-ring (bicyclic) bond motifs is 1. The van der Waals surface area contributed by atoms with Crippen LogP contribution in [0.4, 0.5) is 0 Å². The molecule has 3 atom stereocenters. The maximum absolute atomic E-state index is 12.9. The van der Waals surface area contributed by atoms with Gasteiger partial charge in [0.15, 0.2) is 0 Å². The monoisotopic (exact) mass is 384 g/mol. The molecular formula is C21H28N4O3. The third-order valence-electron chi connectivity index (χ3n) is 6.57. The van der Waals surface area contributed by atoms with Crippen LogP contribution >= 0.6 is 0 Å². The Kier molecular flexibility index (Phi) is 5.21. The van der Waals surface area contributed by atoms with Crippen LogP contribution in [-0.2, 0) is 22.7 Å². The number of benzene rings is 1. The molecule has 2 fully saturated rings. The highest BCUT2D eigenvalue weighted by atomic mass is 16.2. The Morgan fingerprint density at radius 2 is 2.04 bits per heavy atom. The fraction of sp³-hybridized carbons (Fsp3) is 0.571. The lowest BCUT2D eigenvalue weighted by Gasteiger charge is -2.36. The van der Waals surface area contributed by atoms with Gasteiger partial charge in [-0.3, -0.25) is 24.6 Å². The molecular weight excluding hydrogens is 356 g/mol. The normalized spacial score (nSPS) is 28.4. The SMILES string of the molecule is CC1CCN(Cc2cccc3c2CN(C2CCC(=O)NC2=O)C3=O)CC1CN. The number of carbonyl (C=O) groups is 3. The smallest absolute Gasteiger partial charge is 0.255 e. The zero-order valence-corrected chi connectivity index (χ0v) is 16.3. The Labute approximate surface area is 165 Å². The average Bonchev–Trinajstić information content (AvgIpc) is 3.01. The van der Waals surface area contributed by atoms with Crippen LogP contribution in [0.15, 0.2) is 18.2 Å². The molecule has 3 heterocycles. The highest BCUT2D eigenvalue weighted by molar-refractivity contribution is 6.05. The molecule has 2 saturated heterocycles. The van der Waals surface area contributed by atoms with Crippen molar-refractivity contribution in [2.45, 2.75) is 45.3 Å². The van der Waals surface area contributed by atoms with Gasteiger partial charge in [0.1, 0.15) is 6.04 Å². The van der Waals surface area contributed by atoms with Gasteiger partial charge in [0.05, 0.1) is 0 Å². The van der Waals surface area contributed by atoms with E-state index in [4.69, 9.17) is 5.73 Å². The lowest BCUT2D eigenvalue weighted by molar-refractivity contribution is -0.136.